The number of ether oxygens (including phenoxy) is 1. The molecule has 1 N–H and O–H groups in total. The Hall–Kier alpha value is -2.04. The van der Waals surface area contributed by atoms with Gasteiger partial charge in [-0.25, -0.2) is 8.42 Å². The largest absolute Gasteiger partial charge is 0.497 e. The van der Waals surface area contributed by atoms with E-state index in [1.165, 1.54) is 23.2 Å². The van der Waals surface area contributed by atoms with E-state index in [2.05, 4.69) is 10.5 Å². The molecule has 1 aliphatic rings. The fourth-order valence-corrected chi connectivity index (χ4v) is 5.82. The molecule has 0 bridgehead atoms. The monoisotopic (exact) mass is 453 g/mol. The third-order valence-electron chi connectivity index (χ3n) is 5.18. The standard InChI is InChI=1S/C20H27N3O5S2/c1-14-19(15(2)28-22-14)12-29-13-20(24)21-16-8-10-23(11-9-16)30(25,26)18-6-4-17(27-3)5-7-18/h4-7,16H,8-13H2,1-3H3,(H,21,24). The van der Waals surface area contributed by atoms with Gasteiger partial charge in [-0.15, -0.1) is 11.8 Å². The Morgan fingerprint density at radius 2 is 1.93 bits per heavy atom. The number of rotatable bonds is 8. The summed E-state index contributed by atoms with van der Waals surface area (Å²) in [6.45, 7) is 4.51. The number of benzene rings is 1. The van der Waals surface area contributed by atoms with Crippen molar-refractivity contribution in [3.05, 3.63) is 41.3 Å². The lowest BCUT2D eigenvalue weighted by Crippen LogP contribution is -2.46. The maximum Gasteiger partial charge on any atom is 0.243 e. The highest BCUT2D eigenvalue weighted by Gasteiger charge is 2.30. The fourth-order valence-electron chi connectivity index (χ4n) is 3.36. The van der Waals surface area contributed by atoms with Crippen molar-refractivity contribution in [2.45, 2.75) is 43.4 Å². The first kappa shape index (κ1) is 22.6. The molecule has 2 aromatic rings. The third kappa shape index (κ3) is 5.35. The number of sulfonamides is 1. The van der Waals surface area contributed by atoms with Crippen LogP contribution in [0, 0.1) is 13.8 Å². The fraction of sp³-hybridized carbons (Fsp3) is 0.500. The molecule has 3 rings (SSSR count). The summed E-state index contributed by atoms with van der Waals surface area (Å²) in [5.74, 6) is 2.37. The number of hydrogen-bond acceptors (Lipinski definition) is 7. The van der Waals surface area contributed by atoms with E-state index in [4.69, 9.17) is 9.26 Å². The first-order chi connectivity index (χ1) is 14.3. The van der Waals surface area contributed by atoms with Crippen molar-refractivity contribution in [1.82, 2.24) is 14.8 Å². The van der Waals surface area contributed by atoms with Gasteiger partial charge >= 0.3 is 0 Å². The van der Waals surface area contributed by atoms with Gasteiger partial charge in [0, 0.05) is 30.4 Å². The molecule has 10 heteroatoms. The molecule has 1 aliphatic heterocycles. The summed E-state index contributed by atoms with van der Waals surface area (Å²) in [6.07, 6.45) is 1.19. The minimum Gasteiger partial charge on any atom is -0.497 e. The van der Waals surface area contributed by atoms with Crippen LogP contribution in [0.15, 0.2) is 33.7 Å². The highest BCUT2D eigenvalue weighted by Crippen LogP contribution is 2.23. The van der Waals surface area contributed by atoms with Crippen LogP contribution in [0.25, 0.3) is 0 Å². The number of hydrogen-bond donors (Lipinski definition) is 1. The van der Waals surface area contributed by atoms with Crippen molar-refractivity contribution >= 4 is 27.7 Å². The molecular weight excluding hydrogens is 426 g/mol. The molecule has 164 valence electrons. The molecule has 1 aromatic heterocycles. The number of amides is 1. The number of thioether (sulfide) groups is 1. The SMILES string of the molecule is COc1ccc(S(=O)(=O)N2CCC(NC(=O)CSCc3c(C)noc3C)CC2)cc1. The average molecular weight is 454 g/mol. The summed E-state index contributed by atoms with van der Waals surface area (Å²) in [5.41, 5.74) is 1.88. The van der Waals surface area contributed by atoms with Crippen LogP contribution in [0.2, 0.25) is 0 Å². The van der Waals surface area contributed by atoms with E-state index in [0.717, 1.165) is 17.0 Å². The second-order valence-electron chi connectivity index (χ2n) is 7.22. The van der Waals surface area contributed by atoms with Gasteiger partial charge in [-0.05, 0) is 51.0 Å². The molecule has 1 fully saturated rings. The van der Waals surface area contributed by atoms with Gasteiger partial charge in [0.2, 0.25) is 15.9 Å². The van der Waals surface area contributed by atoms with Gasteiger partial charge in [-0.2, -0.15) is 4.31 Å². The molecule has 0 aliphatic carbocycles. The number of aryl methyl sites for hydroxylation is 2. The topological polar surface area (TPSA) is 102 Å². The highest BCUT2D eigenvalue weighted by molar-refractivity contribution is 7.99. The van der Waals surface area contributed by atoms with Gasteiger partial charge in [0.15, 0.2) is 0 Å². The van der Waals surface area contributed by atoms with Crippen LogP contribution < -0.4 is 10.1 Å². The van der Waals surface area contributed by atoms with Crippen molar-refractivity contribution < 1.29 is 22.5 Å². The number of carbonyl (C=O) groups is 1. The molecule has 0 saturated carbocycles. The second kappa shape index (κ2) is 9.84. The summed E-state index contributed by atoms with van der Waals surface area (Å²) < 4.78 is 37.3. The van der Waals surface area contributed by atoms with Gasteiger partial charge in [-0.3, -0.25) is 4.79 Å². The maximum absolute atomic E-state index is 12.8. The zero-order valence-electron chi connectivity index (χ0n) is 17.4. The second-order valence-corrected chi connectivity index (χ2v) is 10.1. The molecule has 0 atom stereocenters. The average Bonchev–Trinajstić information content (AvgIpc) is 3.06. The Morgan fingerprint density at radius 3 is 2.50 bits per heavy atom. The van der Waals surface area contributed by atoms with E-state index in [-0.39, 0.29) is 16.8 Å². The zero-order valence-corrected chi connectivity index (χ0v) is 19.0. The maximum atomic E-state index is 12.8. The minimum atomic E-state index is -3.54. The predicted octanol–water partition coefficient (Wildman–Crippen LogP) is 2.50. The van der Waals surface area contributed by atoms with Crippen LogP contribution in [-0.2, 0) is 20.6 Å². The van der Waals surface area contributed by atoms with E-state index in [0.29, 0.717) is 43.2 Å². The number of aromatic nitrogens is 1. The number of methoxy groups -OCH3 is 1. The van der Waals surface area contributed by atoms with Gasteiger partial charge in [0.25, 0.3) is 0 Å². The van der Waals surface area contributed by atoms with Gasteiger partial charge in [0.1, 0.15) is 11.5 Å². The van der Waals surface area contributed by atoms with E-state index in [9.17, 15) is 13.2 Å². The quantitative estimate of drug-likeness (QED) is 0.655. The zero-order chi connectivity index (χ0) is 21.7. The van der Waals surface area contributed by atoms with Crippen LogP contribution in [0.1, 0.15) is 29.9 Å². The highest BCUT2D eigenvalue weighted by atomic mass is 32.2. The minimum absolute atomic E-state index is 0.0144. The number of nitrogens with one attached hydrogen (secondary N) is 1. The predicted molar refractivity (Wildman–Crippen MR) is 115 cm³/mol. The van der Waals surface area contributed by atoms with Crippen LogP contribution in [0.3, 0.4) is 0 Å². The van der Waals surface area contributed by atoms with Crippen LogP contribution in [0.4, 0.5) is 0 Å². The van der Waals surface area contributed by atoms with Crippen molar-refractivity contribution in [2.24, 2.45) is 0 Å². The lowest BCUT2D eigenvalue weighted by molar-refractivity contribution is -0.119. The summed E-state index contributed by atoms with van der Waals surface area (Å²) in [6, 6.07) is 6.37. The summed E-state index contributed by atoms with van der Waals surface area (Å²) >= 11 is 1.51. The Bertz CT molecular complexity index is 945. The Balaban J connectivity index is 1.45. The van der Waals surface area contributed by atoms with E-state index >= 15 is 0 Å². The van der Waals surface area contributed by atoms with Crippen molar-refractivity contribution in [2.75, 3.05) is 26.0 Å². The molecule has 0 unspecified atom stereocenters. The molecular formula is C20H27N3O5S2. The van der Waals surface area contributed by atoms with Gasteiger partial charge in [-0.1, -0.05) is 5.16 Å². The molecule has 30 heavy (non-hydrogen) atoms. The van der Waals surface area contributed by atoms with E-state index in [1.54, 1.807) is 24.3 Å². The smallest absolute Gasteiger partial charge is 0.243 e. The summed E-state index contributed by atoms with van der Waals surface area (Å²) in [5, 5.41) is 6.93. The van der Waals surface area contributed by atoms with Crippen LogP contribution in [-0.4, -0.2) is 55.8 Å². The lowest BCUT2D eigenvalue weighted by atomic mass is 10.1. The number of nitrogens with zero attached hydrogens (tertiary/aromatic N) is 2. The van der Waals surface area contributed by atoms with E-state index < -0.39 is 10.0 Å². The van der Waals surface area contributed by atoms with Crippen LogP contribution in [0.5, 0.6) is 5.75 Å². The van der Waals surface area contributed by atoms with Gasteiger partial charge < -0.3 is 14.6 Å². The molecule has 0 radical (unpaired) electrons. The Kier molecular flexibility index (Phi) is 7.43. The first-order valence-corrected chi connectivity index (χ1v) is 12.3. The third-order valence-corrected chi connectivity index (χ3v) is 8.05. The first-order valence-electron chi connectivity index (χ1n) is 9.74. The molecule has 1 saturated heterocycles. The molecule has 8 nitrogen and oxygen atoms in total. The summed E-state index contributed by atoms with van der Waals surface area (Å²) in [7, 11) is -2.00. The van der Waals surface area contributed by atoms with Crippen molar-refractivity contribution in [1.29, 1.82) is 0 Å². The Labute approximate surface area is 181 Å². The van der Waals surface area contributed by atoms with Crippen molar-refractivity contribution in [3.63, 3.8) is 0 Å². The lowest BCUT2D eigenvalue weighted by Gasteiger charge is -2.31. The number of piperidine rings is 1. The van der Waals surface area contributed by atoms with Gasteiger partial charge in [0.05, 0.1) is 23.5 Å². The molecule has 1 amide bonds. The molecule has 2 heterocycles. The normalized spacial score (nSPS) is 15.8. The molecule has 1 aromatic carbocycles. The Morgan fingerprint density at radius 1 is 1.27 bits per heavy atom. The molecule has 0 spiro atoms. The van der Waals surface area contributed by atoms with Crippen molar-refractivity contribution in [3.8, 4) is 5.75 Å². The number of carbonyl (C=O) groups excluding carboxylic acids is 1. The summed E-state index contributed by atoms with van der Waals surface area (Å²) in [4.78, 5) is 12.5. The van der Waals surface area contributed by atoms with E-state index in [1.807, 2.05) is 13.8 Å². The van der Waals surface area contributed by atoms with Crippen LogP contribution >= 0.6 is 11.8 Å².